The highest BCUT2D eigenvalue weighted by Gasteiger charge is 2.47. The summed E-state index contributed by atoms with van der Waals surface area (Å²) >= 11 is 0. The number of hydrogen-bond donors (Lipinski definition) is 1. The summed E-state index contributed by atoms with van der Waals surface area (Å²) in [4.78, 5) is 17.7. The number of nitrogens with zero attached hydrogens (tertiary/aromatic N) is 1. The predicted molar refractivity (Wildman–Crippen MR) is 99.7 cm³/mol. The minimum Gasteiger partial charge on any atom is -0.308 e. The van der Waals surface area contributed by atoms with Crippen molar-refractivity contribution in [3.05, 3.63) is 107 Å². The molecule has 0 aromatic heterocycles. The lowest BCUT2D eigenvalue weighted by atomic mass is 9.82. The van der Waals surface area contributed by atoms with E-state index in [0.29, 0.717) is 17.0 Å². The predicted octanol–water partition coefficient (Wildman–Crippen LogP) is 4.66. The first-order chi connectivity index (χ1) is 13.8. The van der Waals surface area contributed by atoms with Crippen molar-refractivity contribution in [1.29, 1.82) is 0 Å². The summed E-state index contributed by atoms with van der Waals surface area (Å²) in [6.07, 6.45) is -4.50. The topological polar surface area (TPSA) is 41.5 Å². The molecule has 0 bridgehead atoms. The van der Waals surface area contributed by atoms with Gasteiger partial charge in [-0.3, -0.25) is 4.79 Å². The van der Waals surface area contributed by atoms with Gasteiger partial charge in [0.1, 0.15) is 11.7 Å². The molecule has 1 amide bonds. The smallest absolute Gasteiger partial charge is 0.308 e. The fourth-order valence-electron chi connectivity index (χ4n) is 3.33. The molecule has 0 saturated carbocycles. The average molecular weight is 398 g/mol. The Morgan fingerprint density at radius 3 is 1.90 bits per heavy atom. The SMILES string of the molecule is O=C1NC(c2ccccc2)=N[C@]1(c1ccc(F)cc1)c1ccc(C(F)(F)F)cc1. The second-order valence-electron chi connectivity index (χ2n) is 6.57. The third-order valence-electron chi connectivity index (χ3n) is 4.78. The van der Waals surface area contributed by atoms with Crippen LogP contribution in [0.3, 0.4) is 0 Å². The van der Waals surface area contributed by atoms with Crippen LogP contribution in [0.2, 0.25) is 0 Å². The van der Waals surface area contributed by atoms with Gasteiger partial charge in [0.05, 0.1) is 5.56 Å². The molecule has 0 aliphatic carbocycles. The second kappa shape index (κ2) is 6.84. The summed E-state index contributed by atoms with van der Waals surface area (Å²) in [5, 5.41) is 2.71. The summed E-state index contributed by atoms with van der Waals surface area (Å²) in [5.41, 5.74) is -1.20. The largest absolute Gasteiger partial charge is 0.416 e. The second-order valence-corrected chi connectivity index (χ2v) is 6.57. The molecule has 1 atom stereocenters. The van der Waals surface area contributed by atoms with Crippen molar-refractivity contribution < 1.29 is 22.4 Å². The maximum atomic E-state index is 13.5. The van der Waals surface area contributed by atoms with Crippen LogP contribution in [-0.2, 0) is 16.5 Å². The van der Waals surface area contributed by atoms with Crippen molar-refractivity contribution in [1.82, 2.24) is 5.32 Å². The maximum Gasteiger partial charge on any atom is 0.416 e. The van der Waals surface area contributed by atoms with Gasteiger partial charge in [-0.1, -0.05) is 54.6 Å². The average Bonchev–Trinajstić information content (AvgIpc) is 3.07. The Balaban J connectivity index is 1.90. The normalized spacial score (nSPS) is 19.0. The van der Waals surface area contributed by atoms with E-state index in [9.17, 15) is 22.4 Å². The molecule has 0 spiro atoms. The summed E-state index contributed by atoms with van der Waals surface area (Å²) < 4.78 is 52.4. The van der Waals surface area contributed by atoms with Gasteiger partial charge < -0.3 is 5.32 Å². The first kappa shape index (κ1) is 18.9. The molecule has 0 fully saturated rings. The lowest BCUT2D eigenvalue weighted by Gasteiger charge is -2.25. The molecule has 0 saturated heterocycles. The number of amidine groups is 1. The Labute approximate surface area is 163 Å². The number of benzene rings is 3. The number of aliphatic imine (C=N–C) groups is 1. The van der Waals surface area contributed by atoms with Crippen LogP contribution >= 0.6 is 0 Å². The van der Waals surface area contributed by atoms with E-state index in [1.54, 1.807) is 24.3 Å². The van der Waals surface area contributed by atoms with Crippen LogP contribution in [0.25, 0.3) is 0 Å². The number of nitrogens with one attached hydrogen (secondary N) is 1. The van der Waals surface area contributed by atoms with Gasteiger partial charge >= 0.3 is 6.18 Å². The third-order valence-corrected chi connectivity index (χ3v) is 4.78. The monoisotopic (exact) mass is 398 g/mol. The summed E-state index contributed by atoms with van der Waals surface area (Å²) in [5.74, 6) is -0.732. The van der Waals surface area contributed by atoms with Crippen LogP contribution in [0.15, 0.2) is 83.9 Å². The zero-order chi connectivity index (χ0) is 20.6. The van der Waals surface area contributed by atoms with E-state index < -0.39 is 29.0 Å². The van der Waals surface area contributed by atoms with Gasteiger partial charge in [0.2, 0.25) is 0 Å². The van der Waals surface area contributed by atoms with Gasteiger partial charge in [0.15, 0.2) is 5.54 Å². The third kappa shape index (κ3) is 3.29. The zero-order valence-electron chi connectivity index (χ0n) is 14.9. The van der Waals surface area contributed by atoms with Gasteiger partial charge in [-0.05, 0) is 35.4 Å². The van der Waals surface area contributed by atoms with Crippen LogP contribution < -0.4 is 5.32 Å². The Kier molecular flexibility index (Phi) is 4.45. The van der Waals surface area contributed by atoms with E-state index >= 15 is 0 Å². The molecule has 3 aromatic carbocycles. The molecule has 0 unspecified atom stereocenters. The number of halogens is 4. The Morgan fingerprint density at radius 2 is 1.34 bits per heavy atom. The van der Waals surface area contributed by atoms with Crippen LogP contribution in [0.4, 0.5) is 17.6 Å². The standard InChI is InChI=1S/C22H14F4N2O/c23-18-12-10-16(11-13-18)21(15-6-8-17(9-7-15)22(24,25)26)20(29)27-19(28-21)14-4-2-1-3-5-14/h1-13H,(H,27,28,29)/t21-/m0/s1. The molecule has 0 radical (unpaired) electrons. The van der Waals surface area contributed by atoms with Crippen molar-refractivity contribution in [2.45, 2.75) is 11.7 Å². The van der Waals surface area contributed by atoms with Crippen LogP contribution in [0, 0.1) is 5.82 Å². The van der Waals surface area contributed by atoms with Gasteiger partial charge in [0.25, 0.3) is 5.91 Å². The van der Waals surface area contributed by atoms with Crippen molar-refractivity contribution in [2.24, 2.45) is 4.99 Å². The molecular weight excluding hydrogens is 384 g/mol. The molecule has 1 aliphatic rings. The summed E-state index contributed by atoms with van der Waals surface area (Å²) in [6.45, 7) is 0. The molecule has 1 heterocycles. The number of alkyl halides is 3. The minimum absolute atomic E-state index is 0.250. The molecule has 146 valence electrons. The van der Waals surface area contributed by atoms with Crippen LogP contribution in [0.1, 0.15) is 22.3 Å². The number of hydrogen-bond acceptors (Lipinski definition) is 2. The highest BCUT2D eigenvalue weighted by Crippen LogP contribution is 2.39. The van der Waals surface area contributed by atoms with E-state index in [1.165, 1.54) is 36.4 Å². The number of carbonyl (C=O) groups excluding carboxylic acids is 1. The van der Waals surface area contributed by atoms with Crippen molar-refractivity contribution in [2.75, 3.05) is 0 Å². The molecule has 3 aromatic rings. The van der Waals surface area contributed by atoms with Gasteiger partial charge in [-0.2, -0.15) is 13.2 Å². The first-order valence-electron chi connectivity index (χ1n) is 8.71. The van der Waals surface area contributed by atoms with Crippen molar-refractivity contribution in [3.63, 3.8) is 0 Å². The van der Waals surface area contributed by atoms with E-state index in [1.807, 2.05) is 6.07 Å². The van der Waals surface area contributed by atoms with Crippen LogP contribution in [0.5, 0.6) is 0 Å². The molecule has 29 heavy (non-hydrogen) atoms. The Hall–Kier alpha value is -3.48. The lowest BCUT2D eigenvalue weighted by molar-refractivity contribution is -0.137. The van der Waals surface area contributed by atoms with E-state index in [4.69, 9.17) is 0 Å². The van der Waals surface area contributed by atoms with Crippen molar-refractivity contribution >= 4 is 11.7 Å². The number of rotatable bonds is 3. The molecule has 1 aliphatic heterocycles. The highest BCUT2D eigenvalue weighted by molar-refractivity contribution is 6.16. The molecule has 1 N–H and O–H groups in total. The lowest BCUT2D eigenvalue weighted by Crippen LogP contribution is -2.38. The molecular formula is C22H14F4N2O. The fourth-order valence-corrected chi connectivity index (χ4v) is 3.33. The fraction of sp³-hybridized carbons (Fsp3) is 0.0909. The van der Waals surface area contributed by atoms with E-state index in [2.05, 4.69) is 10.3 Å². The Morgan fingerprint density at radius 1 is 0.793 bits per heavy atom. The van der Waals surface area contributed by atoms with Crippen molar-refractivity contribution in [3.8, 4) is 0 Å². The minimum atomic E-state index is -4.50. The highest BCUT2D eigenvalue weighted by atomic mass is 19.4. The maximum absolute atomic E-state index is 13.5. The van der Waals surface area contributed by atoms with E-state index in [0.717, 1.165) is 12.1 Å². The quantitative estimate of drug-likeness (QED) is 0.641. The molecule has 3 nitrogen and oxygen atoms in total. The molecule has 7 heteroatoms. The Bertz CT molecular complexity index is 1070. The zero-order valence-corrected chi connectivity index (χ0v) is 14.9. The van der Waals surface area contributed by atoms with Gasteiger partial charge in [0, 0.05) is 5.56 Å². The van der Waals surface area contributed by atoms with E-state index in [-0.39, 0.29) is 5.56 Å². The summed E-state index contributed by atoms with van der Waals surface area (Å²) in [7, 11) is 0. The van der Waals surface area contributed by atoms with Gasteiger partial charge in [-0.25, -0.2) is 9.38 Å². The number of carbonyl (C=O) groups is 1. The summed E-state index contributed by atoms with van der Waals surface area (Å²) in [6, 6.07) is 18.3. The number of amides is 1. The first-order valence-corrected chi connectivity index (χ1v) is 8.71. The molecule has 4 rings (SSSR count). The van der Waals surface area contributed by atoms with Gasteiger partial charge in [-0.15, -0.1) is 0 Å². The van der Waals surface area contributed by atoms with Crippen LogP contribution in [-0.4, -0.2) is 11.7 Å².